The molecule has 1 saturated heterocycles. The van der Waals surface area contributed by atoms with Gasteiger partial charge in [0.05, 0.1) is 29.1 Å². The summed E-state index contributed by atoms with van der Waals surface area (Å²) in [5.41, 5.74) is 0.728. The van der Waals surface area contributed by atoms with Crippen molar-refractivity contribution in [2.45, 2.75) is 0 Å². The van der Waals surface area contributed by atoms with Crippen LogP contribution in [0.25, 0.3) is 6.08 Å². The third-order valence-electron chi connectivity index (χ3n) is 5.24. The van der Waals surface area contributed by atoms with Crippen molar-refractivity contribution < 1.29 is 33.5 Å². The normalized spacial score (nSPS) is 13.9. The van der Waals surface area contributed by atoms with Crippen LogP contribution in [-0.2, 0) is 9.59 Å². The first-order valence-corrected chi connectivity index (χ1v) is 12.2. The van der Waals surface area contributed by atoms with Gasteiger partial charge in [0.25, 0.3) is 16.8 Å². The Hall–Kier alpha value is -4.62. The van der Waals surface area contributed by atoms with Crippen molar-refractivity contribution >= 4 is 57.9 Å². The Morgan fingerprint density at radius 2 is 1.85 bits per heavy atom. The van der Waals surface area contributed by atoms with Crippen molar-refractivity contribution in [3.8, 4) is 23.1 Å². The number of aromatic nitrogens is 1. The topological polar surface area (TPSA) is 150 Å². The summed E-state index contributed by atoms with van der Waals surface area (Å²) in [5.74, 6) is -0.0851. The number of carbonyl (C=O) groups excluding carboxylic acids is 3. The van der Waals surface area contributed by atoms with Gasteiger partial charge in [-0.3, -0.25) is 29.4 Å². The van der Waals surface area contributed by atoms with E-state index in [1.807, 2.05) is 0 Å². The molecule has 0 radical (unpaired) electrons. The summed E-state index contributed by atoms with van der Waals surface area (Å²) in [6.45, 7) is -0.482. The number of ether oxygens (including phenoxy) is 3. The summed E-state index contributed by atoms with van der Waals surface area (Å²) in [7, 11) is 2.88. The van der Waals surface area contributed by atoms with Crippen LogP contribution in [0.4, 0.5) is 16.2 Å². The summed E-state index contributed by atoms with van der Waals surface area (Å²) in [4.78, 5) is 52.9. The van der Waals surface area contributed by atoms with E-state index in [0.29, 0.717) is 39.5 Å². The maximum absolute atomic E-state index is 12.9. The first kappa shape index (κ1) is 27.4. The third kappa shape index (κ3) is 6.45. The molecule has 0 unspecified atom stereocenters. The number of nitrogens with zero attached hydrogens (tertiary/aromatic N) is 3. The van der Waals surface area contributed by atoms with Gasteiger partial charge >= 0.3 is 0 Å². The number of methoxy groups -OCH3 is 2. The molecule has 0 aliphatic carbocycles. The highest BCUT2D eigenvalue weighted by atomic mass is 35.5. The minimum atomic E-state index is -0.623. The number of hydrogen-bond acceptors (Lipinski definition) is 10. The van der Waals surface area contributed by atoms with Gasteiger partial charge in [-0.25, -0.2) is 4.98 Å². The van der Waals surface area contributed by atoms with Crippen molar-refractivity contribution in [1.82, 2.24) is 9.88 Å². The van der Waals surface area contributed by atoms with Crippen LogP contribution in [0.1, 0.15) is 5.56 Å². The fourth-order valence-electron chi connectivity index (χ4n) is 3.39. The lowest BCUT2D eigenvalue weighted by atomic mass is 10.2. The number of thioether (sulfide) groups is 1. The number of rotatable bonds is 9. The van der Waals surface area contributed by atoms with Crippen molar-refractivity contribution in [2.24, 2.45) is 0 Å². The Morgan fingerprint density at radius 3 is 2.49 bits per heavy atom. The first-order valence-electron chi connectivity index (χ1n) is 11.0. The van der Waals surface area contributed by atoms with Gasteiger partial charge in [0.2, 0.25) is 11.8 Å². The van der Waals surface area contributed by atoms with Crippen molar-refractivity contribution in [3.05, 3.63) is 80.3 Å². The van der Waals surface area contributed by atoms with Crippen molar-refractivity contribution in [1.29, 1.82) is 0 Å². The minimum Gasteiger partial charge on any atom is -0.495 e. The molecule has 1 aliphatic heterocycles. The maximum atomic E-state index is 12.9. The van der Waals surface area contributed by atoms with Crippen LogP contribution in [0.2, 0.25) is 5.02 Å². The number of nitrogens with one attached hydrogen (secondary N) is 1. The Balaban J connectivity index is 1.44. The number of nitro groups is 1. The van der Waals surface area contributed by atoms with E-state index in [9.17, 15) is 24.5 Å². The number of carbonyl (C=O) groups is 3. The molecule has 3 amide bonds. The Bertz CT molecular complexity index is 1500. The van der Waals surface area contributed by atoms with Gasteiger partial charge in [0.15, 0.2) is 11.5 Å². The molecule has 2 heterocycles. The maximum Gasteiger partial charge on any atom is 0.294 e. The van der Waals surface area contributed by atoms with E-state index in [-0.39, 0.29) is 22.2 Å². The highest BCUT2D eigenvalue weighted by Gasteiger charge is 2.36. The second kappa shape index (κ2) is 11.8. The molecule has 39 heavy (non-hydrogen) atoms. The van der Waals surface area contributed by atoms with Crippen LogP contribution < -0.4 is 19.5 Å². The molecule has 0 atom stereocenters. The number of benzene rings is 2. The number of hydrogen-bond donors (Lipinski definition) is 1. The van der Waals surface area contributed by atoms with Gasteiger partial charge in [0, 0.05) is 17.8 Å². The van der Waals surface area contributed by atoms with Crippen molar-refractivity contribution in [3.63, 3.8) is 0 Å². The highest BCUT2D eigenvalue weighted by Crippen LogP contribution is 2.36. The van der Waals surface area contributed by atoms with Gasteiger partial charge in [-0.05, 0) is 53.7 Å². The van der Waals surface area contributed by atoms with Crippen LogP contribution in [-0.4, -0.2) is 52.6 Å². The Morgan fingerprint density at radius 1 is 1.10 bits per heavy atom. The zero-order valence-electron chi connectivity index (χ0n) is 20.4. The monoisotopic (exact) mass is 570 g/mol. The average molecular weight is 571 g/mol. The van der Waals surface area contributed by atoms with Gasteiger partial charge in [-0.1, -0.05) is 17.7 Å². The zero-order valence-corrected chi connectivity index (χ0v) is 21.9. The number of anilines is 1. The molecule has 200 valence electrons. The lowest BCUT2D eigenvalue weighted by Gasteiger charge is -2.13. The van der Waals surface area contributed by atoms with Crippen LogP contribution >= 0.6 is 23.4 Å². The molecule has 0 bridgehead atoms. The predicted octanol–water partition coefficient (Wildman–Crippen LogP) is 5.13. The van der Waals surface area contributed by atoms with Gasteiger partial charge in [-0.2, -0.15) is 0 Å². The first-order chi connectivity index (χ1) is 18.7. The standard InChI is InChI=1S/C25H19ClN4O8S/c1-36-18-7-4-15(11-17(18)26)28-22(31)13-29-24(32)21(39-25(29)33)10-14-3-6-19(20(9-14)37-2)38-23-8-5-16(12-27-23)30(34)35/h3-12H,13H2,1-2H3,(H,28,31)/b21-10+. The van der Waals surface area contributed by atoms with E-state index >= 15 is 0 Å². The van der Waals surface area contributed by atoms with Gasteiger partial charge in [0.1, 0.15) is 18.5 Å². The molecule has 1 fully saturated rings. The fraction of sp³-hybridized carbons (Fsp3) is 0.120. The second-order valence-electron chi connectivity index (χ2n) is 7.79. The number of imide groups is 1. The number of amides is 3. The van der Waals surface area contributed by atoms with E-state index < -0.39 is 28.5 Å². The Kier molecular flexibility index (Phi) is 8.32. The smallest absolute Gasteiger partial charge is 0.294 e. The molecule has 1 aromatic heterocycles. The summed E-state index contributed by atoms with van der Waals surface area (Å²) in [6.07, 6.45) is 2.56. The summed E-state index contributed by atoms with van der Waals surface area (Å²) < 4.78 is 16.1. The third-order valence-corrected chi connectivity index (χ3v) is 6.45. The fourth-order valence-corrected chi connectivity index (χ4v) is 4.48. The predicted molar refractivity (Wildman–Crippen MR) is 143 cm³/mol. The van der Waals surface area contributed by atoms with Crippen LogP contribution in [0.15, 0.2) is 59.6 Å². The van der Waals surface area contributed by atoms with Crippen LogP contribution in [0.3, 0.4) is 0 Å². The number of halogens is 1. The molecule has 4 rings (SSSR count). The Labute approximate surface area is 230 Å². The average Bonchev–Trinajstić information content (AvgIpc) is 3.17. The molecular formula is C25H19ClN4O8S. The number of pyridine rings is 1. The van der Waals surface area contributed by atoms with Crippen LogP contribution in [0.5, 0.6) is 23.1 Å². The second-order valence-corrected chi connectivity index (χ2v) is 9.19. The molecule has 12 nitrogen and oxygen atoms in total. The quantitative estimate of drug-likeness (QED) is 0.208. The summed E-state index contributed by atoms with van der Waals surface area (Å²) >= 11 is 6.77. The minimum absolute atomic E-state index is 0.114. The highest BCUT2D eigenvalue weighted by molar-refractivity contribution is 8.18. The largest absolute Gasteiger partial charge is 0.495 e. The van der Waals surface area contributed by atoms with E-state index in [4.69, 9.17) is 25.8 Å². The summed E-state index contributed by atoms with van der Waals surface area (Å²) in [5, 5.41) is 13.1. The van der Waals surface area contributed by atoms with Gasteiger partial charge in [-0.15, -0.1) is 0 Å². The molecule has 0 spiro atoms. The zero-order chi connectivity index (χ0) is 28.1. The lowest BCUT2D eigenvalue weighted by molar-refractivity contribution is -0.385. The van der Waals surface area contributed by atoms with E-state index in [2.05, 4.69) is 10.3 Å². The molecule has 14 heteroatoms. The molecule has 1 aliphatic rings. The van der Waals surface area contributed by atoms with Crippen LogP contribution in [0, 0.1) is 10.1 Å². The molecule has 1 N–H and O–H groups in total. The van der Waals surface area contributed by atoms with E-state index in [1.54, 1.807) is 30.3 Å². The molecule has 0 saturated carbocycles. The van der Waals surface area contributed by atoms with E-state index in [0.717, 1.165) is 11.1 Å². The molecule has 2 aromatic carbocycles. The molecular weight excluding hydrogens is 552 g/mol. The molecule has 3 aromatic rings. The van der Waals surface area contributed by atoms with Crippen molar-refractivity contribution in [2.75, 3.05) is 26.1 Å². The van der Waals surface area contributed by atoms with E-state index in [1.165, 1.54) is 38.5 Å². The van der Waals surface area contributed by atoms with Gasteiger partial charge < -0.3 is 19.5 Å². The lowest BCUT2D eigenvalue weighted by Crippen LogP contribution is -2.36. The SMILES string of the molecule is COc1ccc(NC(=O)CN2C(=O)S/C(=C/c3ccc(Oc4ccc([N+](=O)[O-])cn4)c(OC)c3)C2=O)cc1Cl. The summed E-state index contributed by atoms with van der Waals surface area (Å²) in [6, 6.07) is 12.0.